The van der Waals surface area contributed by atoms with Crippen molar-refractivity contribution in [3.63, 3.8) is 0 Å². The van der Waals surface area contributed by atoms with Crippen molar-refractivity contribution >= 4 is 22.6 Å². The van der Waals surface area contributed by atoms with Gasteiger partial charge in [-0.25, -0.2) is 4.98 Å². The highest BCUT2D eigenvalue weighted by atomic mass is 35.5. The van der Waals surface area contributed by atoms with Crippen molar-refractivity contribution in [3.05, 3.63) is 64.4 Å². The summed E-state index contributed by atoms with van der Waals surface area (Å²) in [4.78, 5) is 4.69. The third-order valence-electron chi connectivity index (χ3n) is 5.14. The molecule has 0 radical (unpaired) electrons. The molecule has 0 bridgehead atoms. The molecular formula is C19H20ClN3O. The van der Waals surface area contributed by atoms with Crippen LogP contribution in [0.3, 0.4) is 0 Å². The molecule has 24 heavy (non-hydrogen) atoms. The summed E-state index contributed by atoms with van der Waals surface area (Å²) < 4.78 is 2.07. The topological polar surface area (TPSA) is 50.1 Å². The van der Waals surface area contributed by atoms with E-state index in [9.17, 15) is 5.11 Å². The Hall–Kier alpha value is -1.88. The van der Waals surface area contributed by atoms with Crippen LogP contribution in [0.25, 0.3) is 11.0 Å². The molecule has 4 nitrogen and oxygen atoms in total. The van der Waals surface area contributed by atoms with Crippen LogP contribution in [0.4, 0.5) is 0 Å². The van der Waals surface area contributed by atoms with E-state index in [2.05, 4.69) is 33.1 Å². The summed E-state index contributed by atoms with van der Waals surface area (Å²) in [5.41, 5.74) is 4.09. The third-order valence-corrected chi connectivity index (χ3v) is 5.38. The quantitative estimate of drug-likeness (QED) is 0.766. The molecule has 2 aromatic carbocycles. The SMILES string of the molecule is Cn1c(CNC2(CO)CCc3ccccc32)nc2cc(Cl)ccc21. The average Bonchev–Trinajstić information content (AvgIpc) is 3.12. The number of hydrogen-bond acceptors (Lipinski definition) is 3. The Morgan fingerprint density at radius 1 is 1.29 bits per heavy atom. The Morgan fingerprint density at radius 3 is 2.96 bits per heavy atom. The lowest BCUT2D eigenvalue weighted by atomic mass is 9.92. The van der Waals surface area contributed by atoms with E-state index in [1.807, 2.05) is 31.3 Å². The number of halogens is 1. The Balaban J connectivity index is 1.64. The zero-order chi connectivity index (χ0) is 16.7. The minimum Gasteiger partial charge on any atom is -0.394 e. The lowest BCUT2D eigenvalue weighted by molar-refractivity contribution is 0.157. The van der Waals surface area contributed by atoms with Crippen LogP contribution >= 0.6 is 11.6 Å². The van der Waals surface area contributed by atoms with E-state index >= 15 is 0 Å². The molecule has 3 aromatic rings. The van der Waals surface area contributed by atoms with E-state index in [0.29, 0.717) is 11.6 Å². The summed E-state index contributed by atoms with van der Waals surface area (Å²) >= 11 is 6.06. The number of rotatable bonds is 4. The van der Waals surface area contributed by atoms with E-state index in [0.717, 1.165) is 29.7 Å². The van der Waals surface area contributed by atoms with Crippen LogP contribution in [0.15, 0.2) is 42.5 Å². The highest BCUT2D eigenvalue weighted by Gasteiger charge is 2.37. The van der Waals surface area contributed by atoms with Crippen LogP contribution in [0, 0.1) is 0 Å². The lowest BCUT2D eigenvalue weighted by Gasteiger charge is -2.29. The van der Waals surface area contributed by atoms with Gasteiger partial charge in [0.25, 0.3) is 0 Å². The molecule has 1 aromatic heterocycles. The molecule has 1 unspecified atom stereocenters. The maximum Gasteiger partial charge on any atom is 0.123 e. The number of fused-ring (bicyclic) bond motifs is 2. The number of aryl methyl sites for hydroxylation is 2. The smallest absolute Gasteiger partial charge is 0.123 e. The maximum atomic E-state index is 10.1. The van der Waals surface area contributed by atoms with Gasteiger partial charge in [-0.05, 0) is 42.2 Å². The molecule has 124 valence electrons. The normalized spacial score (nSPS) is 19.8. The summed E-state index contributed by atoms with van der Waals surface area (Å²) in [6.07, 6.45) is 1.89. The number of benzene rings is 2. The zero-order valence-corrected chi connectivity index (χ0v) is 14.3. The summed E-state index contributed by atoms with van der Waals surface area (Å²) in [6, 6.07) is 14.1. The monoisotopic (exact) mass is 341 g/mol. The first-order chi connectivity index (χ1) is 11.6. The fraction of sp³-hybridized carbons (Fsp3) is 0.316. The predicted octanol–water partition coefficient (Wildman–Crippen LogP) is 3.15. The molecule has 2 N–H and O–H groups in total. The maximum absolute atomic E-state index is 10.1. The molecule has 5 heteroatoms. The molecular weight excluding hydrogens is 322 g/mol. The van der Waals surface area contributed by atoms with E-state index in [1.54, 1.807) is 0 Å². The lowest BCUT2D eigenvalue weighted by Crippen LogP contribution is -2.43. The van der Waals surface area contributed by atoms with Crippen LogP contribution in [0.5, 0.6) is 0 Å². The molecule has 0 fully saturated rings. The van der Waals surface area contributed by atoms with E-state index in [-0.39, 0.29) is 12.1 Å². The number of aromatic nitrogens is 2. The van der Waals surface area contributed by atoms with Crippen molar-refractivity contribution in [2.24, 2.45) is 7.05 Å². The molecule has 4 rings (SSSR count). The van der Waals surface area contributed by atoms with Gasteiger partial charge in [-0.15, -0.1) is 0 Å². The summed E-state index contributed by atoms with van der Waals surface area (Å²) in [5, 5.41) is 14.3. The Kier molecular flexibility index (Phi) is 3.83. The van der Waals surface area contributed by atoms with Crippen molar-refractivity contribution < 1.29 is 5.11 Å². The molecule has 0 saturated heterocycles. The largest absolute Gasteiger partial charge is 0.394 e. The molecule has 1 aliphatic carbocycles. The van der Waals surface area contributed by atoms with Gasteiger partial charge >= 0.3 is 0 Å². The first-order valence-corrected chi connectivity index (χ1v) is 8.56. The first-order valence-electron chi connectivity index (χ1n) is 8.18. The molecule has 0 aliphatic heterocycles. The number of aliphatic hydroxyl groups is 1. The van der Waals surface area contributed by atoms with Gasteiger partial charge in [0.05, 0.1) is 29.7 Å². The van der Waals surface area contributed by atoms with Crippen LogP contribution < -0.4 is 5.32 Å². The highest BCUT2D eigenvalue weighted by molar-refractivity contribution is 6.31. The molecule has 1 atom stereocenters. The van der Waals surface area contributed by atoms with Crippen molar-refractivity contribution in [1.29, 1.82) is 0 Å². The fourth-order valence-corrected chi connectivity index (χ4v) is 3.89. The van der Waals surface area contributed by atoms with Crippen LogP contribution in [0.1, 0.15) is 23.4 Å². The Bertz CT molecular complexity index is 905. The third kappa shape index (κ3) is 2.42. The fourth-order valence-electron chi connectivity index (χ4n) is 3.72. The minimum absolute atomic E-state index is 0.0831. The highest BCUT2D eigenvalue weighted by Crippen LogP contribution is 2.36. The van der Waals surface area contributed by atoms with Gasteiger partial charge in [0, 0.05) is 12.1 Å². The van der Waals surface area contributed by atoms with E-state index < -0.39 is 0 Å². The standard InChI is InChI=1S/C19H20ClN3O/c1-23-17-7-6-14(20)10-16(17)22-18(23)11-21-19(12-24)9-8-13-4-2-3-5-15(13)19/h2-7,10,21,24H,8-9,11-12H2,1H3. The van der Waals surface area contributed by atoms with Gasteiger partial charge in [-0.1, -0.05) is 35.9 Å². The Morgan fingerprint density at radius 2 is 2.12 bits per heavy atom. The number of hydrogen-bond donors (Lipinski definition) is 2. The molecule has 0 saturated carbocycles. The zero-order valence-electron chi connectivity index (χ0n) is 13.6. The van der Waals surface area contributed by atoms with Crippen molar-refractivity contribution in [2.45, 2.75) is 24.9 Å². The van der Waals surface area contributed by atoms with Crippen LogP contribution in [-0.2, 0) is 25.6 Å². The minimum atomic E-state index is -0.383. The number of nitrogens with zero attached hydrogens (tertiary/aromatic N) is 2. The van der Waals surface area contributed by atoms with Gasteiger partial charge in [-0.3, -0.25) is 5.32 Å². The second-order valence-corrected chi connectivity index (χ2v) is 6.91. The van der Waals surface area contributed by atoms with Gasteiger partial charge < -0.3 is 9.67 Å². The summed E-state index contributed by atoms with van der Waals surface area (Å²) in [7, 11) is 2.01. The first kappa shape index (κ1) is 15.6. The van der Waals surface area contributed by atoms with Gasteiger partial charge in [0.15, 0.2) is 0 Å². The number of aliphatic hydroxyl groups excluding tert-OH is 1. The van der Waals surface area contributed by atoms with E-state index in [1.165, 1.54) is 11.1 Å². The van der Waals surface area contributed by atoms with Crippen molar-refractivity contribution in [3.8, 4) is 0 Å². The van der Waals surface area contributed by atoms with Crippen LogP contribution in [0.2, 0.25) is 5.02 Å². The van der Waals surface area contributed by atoms with E-state index in [4.69, 9.17) is 11.6 Å². The van der Waals surface area contributed by atoms with Crippen molar-refractivity contribution in [2.75, 3.05) is 6.61 Å². The summed E-state index contributed by atoms with van der Waals surface area (Å²) in [5.74, 6) is 0.935. The summed E-state index contributed by atoms with van der Waals surface area (Å²) in [6.45, 7) is 0.678. The predicted molar refractivity (Wildman–Crippen MR) is 96.1 cm³/mol. The van der Waals surface area contributed by atoms with Gasteiger partial charge in [-0.2, -0.15) is 0 Å². The second-order valence-electron chi connectivity index (χ2n) is 6.47. The van der Waals surface area contributed by atoms with Gasteiger partial charge in [0.1, 0.15) is 5.82 Å². The number of imidazole rings is 1. The Labute approximate surface area is 146 Å². The molecule has 1 heterocycles. The molecule has 0 amide bonds. The number of nitrogens with one attached hydrogen (secondary N) is 1. The van der Waals surface area contributed by atoms with Crippen molar-refractivity contribution in [1.82, 2.24) is 14.9 Å². The molecule has 0 spiro atoms. The second kappa shape index (κ2) is 5.88. The van der Waals surface area contributed by atoms with Gasteiger partial charge in [0.2, 0.25) is 0 Å². The average molecular weight is 342 g/mol. The molecule has 1 aliphatic rings. The van der Waals surface area contributed by atoms with Crippen LogP contribution in [-0.4, -0.2) is 21.3 Å².